The molecule has 1 saturated heterocycles. The van der Waals surface area contributed by atoms with Crippen molar-refractivity contribution in [2.45, 2.75) is 282 Å². The summed E-state index contributed by atoms with van der Waals surface area (Å²) < 4.78 is 51.8. The van der Waals surface area contributed by atoms with Gasteiger partial charge in [-0.25, -0.2) is 4.57 Å². The molecule has 2 aromatic carbocycles. The highest BCUT2D eigenvalue weighted by Gasteiger charge is 2.54. The molecule has 0 unspecified atom stereocenters. The predicted octanol–water partition coefficient (Wildman–Crippen LogP) is 15.4. The van der Waals surface area contributed by atoms with Crippen molar-refractivity contribution in [1.82, 2.24) is 5.32 Å². The number of ether oxygens (including phenoxy) is 3. The van der Waals surface area contributed by atoms with Gasteiger partial charge in [0.15, 0.2) is 6.10 Å². The number of aliphatic hydroxyl groups is 2. The number of nitrogens with one attached hydrogen (secondary N) is 1. The van der Waals surface area contributed by atoms with Gasteiger partial charge in [0.1, 0.15) is 29.7 Å². The van der Waals surface area contributed by atoms with Crippen LogP contribution in [0.2, 0.25) is 0 Å². The lowest BCUT2D eigenvalue weighted by Gasteiger charge is -2.45. The molecule has 1 aliphatic rings. The van der Waals surface area contributed by atoms with E-state index in [1.807, 2.05) is 0 Å². The minimum absolute atomic E-state index is 0.0402. The molecule has 1 aliphatic heterocycles. The van der Waals surface area contributed by atoms with E-state index in [1.54, 1.807) is 60.7 Å². The van der Waals surface area contributed by atoms with Crippen molar-refractivity contribution >= 4 is 25.7 Å². The van der Waals surface area contributed by atoms with E-state index in [1.165, 1.54) is 109 Å². The lowest BCUT2D eigenvalue weighted by atomic mass is 9.96. The smallest absolute Gasteiger partial charge is 0.457 e. The number of hydrogen-bond acceptors (Lipinski definition) is 12. The van der Waals surface area contributed by atoms with Crippen LogP contribution in [0.4, 0.5) is 0 Å². The maximum absolute atomic E-state index is 15.0. The standard InChI is InChI=1S/C60H100NO12P/c1-4-7-10-13-16-19-21-24-27-30-39-46-54(64)61-57-59(69-55(65)47-40-31-28-25-22-20-17-14-11-8-5-2)58(73-74(67,71-51-42-35-32-36-43-51)72-52-44-37-33-38-45-52)53(49-62)68-60(57)70-56(66)48-50(63)41-34-29-26-23-18-15-12-9-6-3/h32-33,35-38,42-45,50,53,57-60,62-63H,4-31,34,39-41,46-49H2,1-3H3,(H,61,64)/t50-,53-,57-,58-,59-,60-/m1/s1. The van der Waals surface area contributed by atoms with E-state index in [0.29, 0.717) is 19.3 Å². The average molecular weight is 1060 g/mol. The maximum Gasteiger partial charge on any atom is 0.588 e. The average Bonchev–Trinajstić information content (AvgIpc) is 3.38. The van der Waals surface area contributed by atoms with E-state index < -0.39 is 69.0 Å². The van der Waals surface area contributed by atoms with Gasteiger partial charge >= 0.3 is 19.8 Å². The van der Waals surface area contributed by atoms with Crippen molar-refractivity contribution in [2.24, 2.45) is 0 Å². The van der Waals surface area contributed by atoms with Gasteiger partial charge in [0, 0.05) is 12.8 Å². The van der Waals surface area contributed by atoms with Crippen molar-refractivity contribution in [3.05, 3.63) is 60.7 Å². The number of aliphatic hydroxyl groups excluding tert-OH is 2. The second-order valence-electron chi connectivity index (χ2n) is 20.6. The van der Waals surface area contributed by atoms with Crippen molar-refractivity contribution in [2.75, 3.05) is 6.61 Å². The molecule has 1 fully saturated rings. The minimum atomic E-state index is -4.74. The Bertz CT molecular complexity index is 1710. The van der Waals surface area contributed by atoms with Crippen LogP contribution in [0.1, 0.15) is 245 Å². The molecule has 13 nitrogen and oxygen atoms in total. The van der Waals surface area contributed by atoms with E-state index in [9.17, 15) is 29.2 Å². The van der Waals surface area contributed by atoms with Gasteiger partial charge < -0.3 is 38.8 Å². The van der Waals surface area contributed by atoms with Crippen molar-refractivity contribution in [1.29, 1.82) is 0 Å². The molecule has 6 atom stereocenters. The number of hydrogen-bond donors (Lipinski definition) is 3. The summed E-state index contributed by atoms with van der Waals surface area (Å²) in [4.78, 5) is 41.7. The summed E-state index contributed by atoms with van der Waals surface area (Å²) in [6, 6.07) is 15.2. The number of unbranched alkanes of at least 4 members (excludes halogenated alkanes) is 28. The molecule has 0 saturated carbocycles. The fourth-order valence-corrected chi connectivity index (χ4v) is 11.0. The van der Waals surface area contributed by atoms with Gasteiger partial charge in [0.25, 0.3) is 0 Å². The fraction of sp³-hybridized carbons (Fsp3) is 0.750. The predicted molar refractivity (Wildman–Crippen MR) is 295 cm³/mol. The van der Waals surface area contributed by atoms with Crippen LogP contribution in [-0.4, -0.2) is 71.4 Å². The molecular formula is C60H100NO12P. The number of amides is 1. The van der Waals surface area contributed by atoms with Gasteiger partial charge in [0.2, 0.25) is 12.2 Å². The highest BCUT2D eigenvalue weighted by molar-refractivity contribution is 7.49. The first kappa shape index (κ1) is 64.8. The van der Waals surface area contributed by atoms with Crippen LogP contribution in [0.25, 0.3) is 0 Å². The topological polar surface area (TPSA) is 176 Å². The van der Waals surface area contributed by atoms with Gasteiger partial charge in [-0.15, -0.1) is 0 Å². The monoisotopic (exact) mass is 1060 g/mol. The maximum atomic E-state index is 15.0. The van der Waals surface area contributed by atoms with Crippen LogP contribution >= 0.6 is 7.82 Å². The Balaban J connectivity index is 1.85. The zero-order chi connectivity index (χ0) is 53.3. The molecule has 422 valence electrons. The Morgan fingerprint density at radius 3 is 1.38 bits per heavy atom. The Labute approximate surface area is 447 Å². The number of para-hydroxylation sites is 2. The van der Waals surface area contributed by atoms with Crippen LogP contribution in [-0.2, 0) is 37.7 Å². The highest BCUT2D eigenvalue weighted by Crippen LogP contribution is 2.52. The van der Waals surface area contributed by atoms with Crippen LogP contribution in [0.5, 0.6) is 11.5 Å². The zero-order valence-electron chi connectivity index (χ0n) is 46.1. The third kappa shape index (κ3) is 29.7. The van der Waals surface area contributed by atoms with Crippen molar-refractivity contribution in [3.63, 3.8) is 0 Å². The van der Waals surface area contributed by atoms with E-state index in [2.05, 4.69) is 26.1 Å². The lowest BCUT2D eigenvalue weighted by Crippen LogP contribution is -2.66. The number of carbonyl (C=O) groups excluding carboxylic acids is 3. The molecule has 3 rings (SSSR count). The fourth-order valence-electron chi connectivity index (χ4n) is 9.52. The van der Waals surface area contributed by atoms with E-state index in [0.717, 1.165) is 77.0 Å². The Morgan fingerprint density at radius 2 is 0.946 bits per heavy atom. The lowest BCUT2D eigenvalue weighted by molar-refractivity contribution is -0.264. The first-order valence-electron chi connectivity index (χ1n) is 29.5. The molecule has 0 aliphatic carbocycles. The van der Waals surface area contributed by atoms with Gasteiger partial charge in [-0.2, -0.15) is 0 Å². The summed E-state index contributed by atoms with van der Waals surface area (Å²) in [6.45, 7) is 5.89. The molecule has 0 aromatic heterocycles. The number of carbonyl (C=O) groups is 3. The van der Waals surface area contributed by atoms with Crippen LogP contribution in [0.3, 0.4) is 0 Å². The quantitative estimate of drug-likeness (QED) is 0.0325. The van der Waals surface area contributed by atoms with Gasteiger partial charge in [-0.05, 0) is 43.5 Å². The van der Waals surface area contributed by atoms with Crippen molar-refractivity contribution in [3.8, 4) is 11.5 Å². The molecule has 3 N–H and O–H groups in total. The first-order valence-corrected chi connectivity index (χ1v) is 31.0. The summed E-state index contributed by atoms with van der Waals surface area (Å²) in [5.41, 5.74) is 0. The molecule has 0 bridgehead atoms. The normalized spacial score (nSPS) is 18.1. The third-order valence-electron chi connectivity index (χ3n) is 13.9. The summed E-state index contributed by atoms with van der Waals surface area (Å²) >= 11 is 0. The second-order valence-corrected chi connectivity index (χ2v) is 22.1. The van der Waals surface area contributed by atoms with Gasteiger partial charge in [-0.3, -0.25) is 18.9 Å². The number of phosphoric acid groups is 1. The zero-order valence-corrected chi connectivity index (χ0v) is 47.0. The number of phosphoric ester groups is 1. The van der Waals surface area contributed by atoms with Gasteiger partial charge in [-0.1, -0.05) is 243 Å². The number of esters is 2. The van der Waals surface area contributed by atoms with Crippen LogP contribution in [0.15, 0.2) is 60.7 Å². The molecule has 1 heterocycles. The van der Waals surface area contributed by atoms with Crippen LogP contribution < -0.4 is 14.4 Å². The highest BCUT2D eigenvalue weighted by atomic mass is 31.2. The molecule has 0 spiro atoms. The minimum Gasteiger partial charge on any atom is -0.457 e. The van der Waals surface area contributed by atoms with Gasteiger partial charge in [0.05, 0.1) is 19.1 Å². The SMILES string of the molecule is CCCCCCCCCCCCCC(=O)N[C@H]1[C@@H](OC(=O)C[C@H](O)CCCCCCCCCCC)O[C@H](CO)[C@@H](OP(=O)(Oc2ccccc2)Oc2ccccc2)[C@@H]1OC(=O)CCCCCCCCCCCCC. The first-order chi connectivity index (χ1) is 36.1. The summed E-state index contributed by atoms with van der Waals surface area (Å²) in [5, 5.41) is 24.9. The largest absolute Gasteiger partial charge is 0.588 e. The Hall–Kier alpha value is -3.48. The van der Waals surface area contributed by atoms with E-state index >= 15 is 0 Å². The van der Waals surface area contributed by atoms with Crippen LogP contribution in [0, 0.1) is 0 Å². The second kappa shape index (κ2) is 41.7. The Morgan fingerprint density at radius 1 is 0.541 bits per heavy atom. The molecule has 0 radical (unpaired) electrons. The summed E-state index contributed by atoms with van der Waals surface area (Å²) in [7, 11) is -4.74. The summed E-state index contributed by atoms with van der Waals surface area (Å²) in [6.07, 6.45) is 27.4. The third-order valence-corrected chi connectivity index (χ3v) is 15.2. The Kier molecular flexibility index (Phi) is 36.5. The molecule has 2 aromatic rings. The molecule has 1 amide bonds. The number of rotatable bonds is 46. The molecular weight excluding hydrogens is 958 g/mol. The molecule has 74 heavy (non-hydrogen) atoms. The van der Waals surface area contributed by atoms with Crippen molar-refractivity contribution < 1.29 is 56.9 Å². The molecule has 14 heteroatoms. The number of benzene rings is 2. The summed E-state index contributed by atoms with van der Waals surface area (Å²) in [5.74, 6) is -1.52. The van der Waals surface area contributed by atoms with E-state index in [4.69, 9.17) is 27.8 Å². The van der Waals surface area contributed by atoms with E-state index in [-0.39, 0.29) is 30.8 Å².